The molecule has 0 radical (unpaired) electrons. The van der Waals surface area contributed by atoms with E-state index < -0.39 is 8.07 Å². The minimum absolute atomic E-state index is 0.0725. The molecule has 0 saturated carbocycles. The van der Waals surface area contributed by atoms with Crippen molar-refractivity contribution in [1.82, 2.24) is 0 Å². The highest BCUT2D eigenvalue weighted by Gasteiger charge is 2.46. The molecule has 0 heterocycles. The molecule has 0 saturated heterocycles. The molecule has 2 atom stereocenters. The van der Waals surface area contributed by atoms with Crippen molar-refractivity contribution in [3.63, 3.8) is 0 Å². The summed E-state index contributed by atoms with van der Waals surface area (Å²) in [4.78, 5) is 13.3. The molecule has 1 nitrogen and oxygen atoms in total. The number of Topliss-reactive ketones (excluding diaryl/α,β-unsaturated/α-hetero) is 1. The molecule has 2 aromatic rings. The molecule has 128 valence electrons. The first-order valence-electron chi connectivity index (χ1n) is 9.07. The summed E-state index contributed by atoms with van der Waals surface area (Å²) >= 11 is 0. The van der Waals surface area contributed by atoms with Crippen molar-refractivity contribution in [2.45, 2.75) is 46.2 Å². The molecule has 0 spiro atoms. The summed E-state index contributed by atoms with van der Waals surface area (Å²) in [5.41, 5.74) is 0.104. The first-order chi connectivity index (χ1) is 11.4. The van der Waals surface area contributed by atoms with E-state index in [4.69, 9.17) is 0 Å². The van der Waals surface area contributed by atoms with Crippen LogP contribution in [0, 0.1) is 11.8 Å². The Balaban J connectivity index is 2.70. The Labute approximate surface area is 148 Å². The van der Waals surface area contributed by atoms with E-state index in [0.717, 1.165) is 6.42 Å². The van der Waals surface area contributed by atoms with Crippen LogP contribution in [0.1, 0.15) is 34.1 Å². The summed E-state index contributed by atoms with van der Waals surface area (Å²) in [6.07, 6.45) is 1.03. The third-order valence-electron chi connectivity index (χ3n) is 5.46. The summed E-state index contributed by atoms with van der Waals surface area (Å²) in [6.45, 7) is 10.9. The summed E-state index contributed by atoms with van der Waals surface area (Å²) in [5.74, 6) is 0.881. The second-order valence-electron chi connectivity index (χ2n) is 7.35. The van der Waals surface area contributed by atoms with E-state index in [1.165, 1.54) is 10.4 Å². The molecule has 0 aromatic heterocycles. The van der Waals surface area contributed by atoms with Gasteiger partial charge in [0.15, 0.2) is 0 Å². The fraction of sp³-hybridized carbons (Fsp3) is 0.409. The summed E-state index contributed by atoms with van der Waals surface area (Å²) in [7, 11) is -2.19. The van der Waals surface area contributed by atoms with E-state index >= 15 is 0 Å². The van der Waals surface area contributed by atoms with Crippen molar-refractivity contribution in [1.29, 1.82) is 0 Å². The predicted molar refractivity (Wildman–Crippen MR) is 107 cm³/mol. The number of rotatable bonds is 7. The Kier molecular flexibility index (Phi) is 6.17. The zero-order valence-corrected chi connectivity index (χ0v) is 16.6. The molecule has 0 N–H and O–H groups in total. The first kappa shape index (κ1) is 18.7. The Morgan fingerprint density at radius 2 is 1.29 bits per heavy atom. The van der Waals surface area contributed by atoms with E-state index in [9.17, 15) is 4.79 Å². The van der Waals surface area contributed by atoms with Crippen LogP contribution in [0.5, 0.6) is 0 Å². The van der Waals surface area contributed by atoms with Gasteiger partial charge in [0, 0.05) is 11.5 Å². The molecule has 2 rings (SSSR count). The van der Waals surface area contributed by atoms with Gasteiger partial charge in [0.25, 0.3) is 0 Å². The summed E-state index contributed by atoms with van der Waals surface area (Å²) in [6, 6.07) is 21.5. The number of carbonyl (C=O) groups is 1. The average molecular weight is 339 g/mol. The molecule has 0 amide bonds. The molecule has 2 heteroatoms. The molecule has 0 aliphatic carbocycles. The van der Waals surface area contributed by atoms with Crippen LogP contribution in [0.3, 0.4) is 0 Å². The lowest BCUT2D eigenvalue weighted by Crippen LogP contribution is -2.62. The molecular weight excluding hydrogens is 308 g/mol. The Morgan fingerprint density at radius 3 is 1.62 bits per heavy atom. The molecule has 0 aliphatic rings. The fourth-order valence-corrected chi connectivity index (χ4v) is 8.92. The van der Waals surface area contributed by atoms with Crippen LogP contribution in [0.4, 0.5) is 0 Å². The van der Waals surface area contributed by atoms with Crippen LogP contribution >= 0.6 is 0 Å². The number of ketones is 1. The van der Waals surface area contributed by atoms with Crippen molar-refractivity contribution >= 4 is 24.2 Å². The smallest absolute Gasteiger partial charge is 0.136 e. The van der Waals surface area contributed by atoms with Gasteiger partial charge in [-0.15, -0.1) is 0 Å². The van der Waals surface area contributed by atoms with Crippen molar-refractivity contribution < 1.29 is 4.79 Å². The maximum absolute atomic E-state index is 13.3. The van der Waals surface area contributed by atoms with Crippen molar-refractivity contribution in [3.05, 3.63) is 60.7 Å². The fourth-order valence-electron chi connectivity index (χ4n) is 3.82. The number of benzene rings is 2. The van der Waals surface area contributed by atoms with E-state index in [2.05, 4.69) is 81.1 Å². The standard InChI is InChI=1S/C22H30OSi/c1-6-18(4)22(21(23)17(2)3)24(5,19-13-9-7-10-14-19)20-15-11-8-12-16-20/h7-18,22H,6H2,1-5H3. The third kappa shape index (κ3) is 3.54. The summed E-state index contributed by atoms with van der Waals surface area (Å²) < 4.78 is 0. The Bertz CT molecular complexity index is 609. The SMILES string of the molecule is CCC(C)C(C(=O)C(C)C)[Si](C)(c1ccccc1)c1ccccc1. The van der Waals surface area contributed by atoms with Crippen LogP contribution in [0.2, 0.25) is 12.1 Å². The molecule has 0 fully saturated rings. The lowest BCUT2D eigenvalue weighted by molar-refractivity contribution is -0.122. The van der Waals surface area contributed by atoms with Crippen LogP contribution < -0.4 is 10.4 Å². The third-order valence-corrected chi connectivity index (χ3v) is 10.6. The highest BCUT2D eigenvalue weighted by Crippen LogP contribution is 2.35. The van der Waals surface area contributed by atoms with Gasteiger partial charge in [-0.3, -0.25) is 4.79 Å². The van der Waals surface area contributed by atoms with Crippen molar-refractivity contribution in [3.8, 4) is 0 Å². The largest absolute Gasteiger partial charge is 0.299 e. The topological polar surface area (TPSA) is 17.1 Å². The highest BCUT2D eigenvalue weighted by molar-refractivity contribution is 7.04. The van der Waals surface area contributed by atoms with Gasteiger partial charge in [-0.2, -0.15) is 0 Å². The molecule has 2 aromatic carbocycles. The van der Waals surface area contributed by atoms with Gasteiger partial charge < -0.3 is 0 Å². The van der Waals surface area contributed by atoms with Gasteiger partial charge >= 0.3 is 0 Å². The molecule has 0 aliphatic heterocycles. The summed E-state index contributed by atoms with van der Waals surface area (Å²) in [5, 5.41) is 2.71. The van der Waals surface area contributed by atoms with Crippen molar-refractivity contribution in [2.75, 3.05) is 0 Å². The molecule has 2 unspecified atom stereocenters. The maximum Gasteiger partial charge on any atom is 0.136 e. The normalized spacial score (nSPS) is 14.4. The van der Waals surface area contributed by atoms with Crippen molar-refractivity contribution in [2.24, 2.45) is 11.8 Å². The van der Waals surface area contributed by atoms with E-state index in [1.807, 2.05) is 13.8 Å². The van der Waals surface area contributed by atoms with Gasteiger partial charge in [0.1, 0.15) is 13.9 Å². The lowest BCUT2D eigenvalue weighted by atomic mass is 9.95. The van der Waals surface area contributed by atoms with E-state index in [1.54, 1.807) is 0 Å². The minimum Gasteiger partial charge on any atom is -0.299 e. The zero-order chi connectivity index (χ0) is 17.7. The zero-order valence-electron chi connectivity index (χ0n) is 15.6. The van der Waals surface area contributed by atoms with Crippen LogP contribution in [0.25, 0.3) is 0 Å². The predicted octanol–water partition coefficient (Wildman–Crippen LogP) is 4.52. The Morgan fingerprint density at radius 1 is 0.875 bits per heavy atom. The van der Waals surface area contributed by atoms with Crippen LogP contribution in [-0.4, -0.2) is 13.9 Å². The second-order valence-corrected chi connectivity index (χ2v) is 11.5. The van der Waals surface area contributed by atoms with Gasteiger partial charge in [-0.05, 0) is 5.92 Å². The van der Waals surface area contributed by atoms with Crippen LogP contribution in [-0.2, 0) is 4.79 Å². The van der Waals surface area contributed by atoms with Gasteiger partial charge in [-0.25, -0.2) is 0 Å². The Hall–Kier alpha value is -1.67. The number of hydrogen-bond donors (Lipinski definition) is 0. The second kappa shape index (κ2) is 7.93. The maximum atomic E-state index is 13.3. The van der Waals surface area contributed by atoms with E-state index in [-0.39, 0.29) is 11.5 Å². The van der Waals surface area contributed by atoms with Gasteiger partial charge in [-0.1, -0.05) is 112 Å². The van der Waals surface area contributed by atoms with E-state index in [0.29, 0.717) is 11.7 Å². The molecular formula is C22H30OSi. The van der Waals surface area contributed by atoms with Gasteiger partial charge in [0.2, 0.25) is 0 Å². The number of hydrogen-bond acceptors (Lipinski definition) is 1. The quantitative estimate of drug-likeness (QED) is 0.678. The number of carbonyl (C=O) groups excluding carboxylic acids is 1. The first-order valence-corrected chi connectivity index (χ1v) is 11.6. The average Bonchev–Trinajstić information content (AvgIpc) is 2.62. The van der Waals surface area contributed by atoms with Crippen LogP contribution in [0.15, 0.2) is 60.7 Å². The highest BCUT2D eigenvalue weighted by atomic mass is 28.3. The lowest BCUT2D eigenvalue weighted by Gasteiger charge is -2.40. The van der Waals surface area contributed by atoms with Gasteiger partial charge in [0.05, 0.1) is 0 Å². The molecule has 24 heavy (non-hydrogen) atoms. The monoisotopic (exact) mass is 338 g/mol. The molecule has 0 bridgehead atoms. The minimum atomic E-state index is -2.19.